The Labute approximate surface area is 160 Å². The van der Waals surface area contributed by atoms with Gasteiger partial charge in [-0.2, -0.15) is 5.10 Å². The Hall–Kier alpha value is -1.62. The zero-order valence-electron chi connectivity index (χ0n) is 14.2. The Morgan fingerprint density at radius 1 is 1.32 bits per heavy atom. The number of imidazole rings is 1. The summed E-state index contributed by atoms with van der Waals surface area (Å²) in [5.41, 5.74) is 0.645. The largest absolute Gasteiger partial charge is 0.490 e. The number of fused-ring (bicyclic) bond motifs is 1. The van der Waals surface area contributed by atoms with Crippen molar-refractivity contribution >= 4 is 38.1 Å². The molecule has 0 fully saturated rings. The van der Waals surface area contributed by atoms with Crippen LogP contribution in [0, 0.1) is 3.70 Å². The van der Waals surface area contributed by atoms with E-state index in [2.05, 4.69) is 32.7 Å². The molecule has 0 spiro atoms. The van der Waals surface area contributed by atoms with Gasteiger partial charge >= 0.3 is 0 Å². The maximum absolute atomic E-state index is 13.0. The van der Waals surface area contributed by atoms with Crippen LogP contribution in [-0.4, -0.2) is 38.9 Å². The number of rotatable bonds is 5. The summed E-state index contributed by atoms with van der Waals surface area (Å²) in [6, 6.07) is 3.50. The molecule has 3 aromatic heterocycles. The molecular weight excluding hydrogens is 455 g/mol. The molecule has 0 saturated carbocycles. The fourth-order valence-electron chi connectivity index (χ4n) is 2.28. The minimum atomic E-state index is -3.58. The summed E-state index contributed by atoms with van der Waals surface area (Å²) in [6.45, 7) is 5.87. The van der Waals surface area contributed by atoms with Crippen molar-refractivity contribution in [1.29, 1.82) is 0 Å². The lowest BCUT2D eigenvalue weighted by molar-refractivity contribution is 0.284. The van der Waals surface area contributed by atoms with Crippen molar-refractivity contribution in [3.8, 4) is 5.75 Å². The average molecular weight is 474 g/mol. The molecule has 0 bridgehead atoms. The van der Waals surface area contributed by atoms with Crippen molar-refractivity contribution in [2.75, 3.05) is 6.61 Å². The third-order valence-corrected chi connectivity index (χ3v) is 7.06. The van der Waals surface area contributed by atoms with Crippen LogP contribution in [0.2, 0.25) is 0 Å². The van der Waals surface area contributed by atoms with E-state index in [0.717, 1.165) is 3.70 Å². The Morgan fingerprint density at radius 3 is 2.72 bits per heavy atom. The minimum absolute atomic E-state index is 0.170. The van der Waals surface area contributed by atoms with Gasteiger partial charge in [-0.05, 0) is 49.4 Å². The van der Waals surface area contributed by atoms with Crippen LogP contribution in [0.25, 0.3) is 5.65 Å². The molecule has 25 heavy (non-hydrogen) atoms. The van der Waals surface area contributed by atoms with Gasteiger partial charge in [0, 0.05) is 24.7 Å². The SMILES string of the molecule is CC(C)(C)S(=O)(=O)c1cn2c(I)cnc2cc1OCCn1cccn1. The summed E-state index contributed by atoms with van der Waals surface area (Å²) in [4.78, 5) is 4.46. The molecule has 3 aromatic rings. The first kappa shape index (κ1) is 18.2. The molecule has 9 heteroatoms. The van der Waals surface area contributed by atoms with E-state index < -0.39 is 14.6 Å². The fraction of sp³-hybridized carbons (Fsp3) is 0.375. The number of hydrogen-bond acceptors (Lipinski definition) is 5. The number of hydrogen-bond donors (Lipinski definition) is 0. The molecule has 3 rings (SSSR count). The second kappa shape index (κ2) is 6.60. The lowest BCUT2D eigenvalue weighted by Crippen LogP contribution is -2.29. The topological polar surface area (TPSA) is 78.5 Å². The first-order chi connectivity index (χ1) is 11.7. The number of aromatic nitrogens is 4. The first-order valence-electron chi connectivity index (χ1n) is 7.71. The molecule has 0 aliphatic carbocycles. The van der Waals surface area contributed by atoms with Crippen LogP contribution in [0.1, 0.15) is 20.8 Å². The van der Waals surface area contributed by atoms with Crippen molar-refractivity contribution in [1.82, 2.24) is 19.2 Å². The van der Waals surface area contributed by atoms with Crippen molar-refractivity contribution in [2.45, 2.75) is 37.0 Å². The van der Waals surface area contributed by atoms with Crippen LogP contribution in [0.5, 0.6) is 5.75 Å². The van der Waals surface area contributed by atoms with Gasteiger partial charge in [0.15, 0.2) is 9.84 Å². The molecule has 3 heterocycles. The maximum Gasteiger partial charge on any atom is 0.188 e. The van der Waals surface area contributed by atoms with Crippen LogP contribution in [0.4, 0.5) is 0 Å². The molecule has 0 atom stereocenters. The highest BCUT2D eigenvalue weighted by molar-refractivity contribution is 14.1. The van der Waals surface area contributed by atoms with Crippen LogP contribution in [0.3, 0.4) is 0 Å². The van der Waals surface area contributed by atoms with E-state index in [1.807, 2.05) is 12.3 Å². The molecule has 0 radical (unpaired) electrons. The van der Waals surface area contributed by atoms with Crippen LogP contribution < -0.4 is 4.74 Å². The number of halogens is 1. The van der Waals surface area contributed by atoms with Gasteiger partial charge in [0.1, 0.15) is 26.6 Å². The minimum Gasteiger partial charge on any atom is -0.490 e. The van der Waals surface area contributed by atoms with E-state index in [4.69, 9.17) is 4.74 Å². The third kappa shape index (κ3) is 3.52. The zero-order valence-corrected chi connectivity index (χ0v) is 17.2. The van der Waals surface area contributed by atoms with E-state index in [1.54, 1.807) is 54.5 Å². The quantitative estimate of drug-likeness (QED) is 0.532. The molecule has 0 saturated heterocycles. The van der Waals surface area contributed by atoms with Crippen molar-refractivity contribution < 1.29 is 13.2 Å². The molecule has 0 aliphatic heterocycles. The maximum atomic E-state index is 13.0. The van der Waals surface area contributed by atoms with Crippen LogP contribution in [0.15, 0.2) is 41.8 Å². The fourth-order valence-corrected chi connectivity index (χ4v) is 4.10. The van der Waals surface area contributed by atoms with Gasteiger partial charge in [0.2, 0.25) is 0 Å². The zero-order chi connectivity index (χ0) is 18.2. The first-order valence-corrected chi connectivity index (χ1v) is 10.3. The van der Waals surface area contributed by atoms with Gasteiger partial charge in [0.05, 0.1) is 17.5 Å². The normalized spacial score (nSPS) is 12.6. The highest BCUT2D eigenvalue weighted by Gasteiger charge is 2.34. The predicted molar refractivity (Wildman–Crippen MR) is 103 cm³/mol. The smallest absolute Gasteiger partial charge is 0.188 e. The van der Waals surface area contributed by atoms with Crippen LogP contribution in [-0.2, 0) is 16.4 Å². The number of nitrogens with zero attached hydrogens (tertiary/aromatic N) is 4. The van der Waals surface area contributed by atoms with Gasteiger partial charge in [-0.25, -0.2) is 13.4 Å². The molecular formula is C16H19IN4O3S. The molecule has 0 N–H and O–H groups in total. The molecule has 134 valence electrons. The Morgan fingerprint density at radius 2 is 2.08 bits per heavy atom. The van der Waals surface area contributed by atoms with Gasteiger partial charge in [-0.1, -0.05) is 0 Å². The Balaban J connectivity index is 2.01. The molecule has 0 aromatic carbocycles. The summed E-state index contributed by atoms with van der Waals surface area (Å²) >= 11 is 2.12. The summed E-state index contributed by atoms with van der Waals surface area (Å²) in [5.74, 6) is 0.316. The molecule has 0 unspecified atom stereocenters. The van der Waals surface area contributed by atoms with Crippen LogP contribution >= 0.6 is 22.6 Å². The van der Waals surface area contributed by atoms with E-state index >= 15 is 0 Å². The second-order valence-electron chi connectivity index (χ2n) is 6.54. The van der Waals surface area contributed by atoms with Gasteiger partial charge in [-0.15, -0.1) is 0 Å². The van der Waals surface area contributed by atoms with E-state index in [-0.39, 0.29) is 4.90 Å². The number of pyridine rings is 1. The summed E-state index contributed by atoms with van der Waals surface area (Å²) < 4.78 is 35.2. The van der Waals surface area contributed by atoms with Crippen molar-refractivity contribution in [3.05, 3.63) is 40.6 Å². The van der Waals surface area contributed by atoms with Crippen molar-refractivity contribution in [3.63, 3.8) is 0 Å². The standard InChI is InChI=1S/C16H19IN4O3S/c1-16(2,3)25(22,23)13-11-21-14(17)10-18-15(21)9-12(13)24-8-7-20-6-4-5-19-20/h4-6,9-11H,7-8H2,1-3H3. The highest BCUT2D eigenvalue weighted by atomic mass is 127. The Bertz CT molecular complexity index is 988. The van der Waals surface area contributed by atoms with Gasteiger partial charge in [0.25, 0.3) is 0 Å². The summed E-state index contributed by atoms with van der Waals surface area (Å²) in [5, 5.41) is 4.11. The highest BCUT2D eigenvalue weighted by Crippen LogP contribution is 2.33. The lowest BCUT2D eigenvalue weighted by atomic mass is 10.3. The second-order valence-corrected chi connectivity index (χ2v) is 10.3. The molecule has 7 nitrogen and oxygen atoms in total. The summed E-state index contributed by atoms with van der Waals surface area (Å²) in [7, 11) is -3.58. The summed E-state index contributed by atoms with van der Waals surface area (Å²) in [6.07, 6.45) is 6.80. The molecule has 0 aliphatic rings. The Kier molecular flexibility index (Phi) is 4.80. The van der Waals surface area contributed by atoms with Gasteiger partial charge < -0.3 is 4.74 Å². The monoisotopic (exact) mass is 474 g/mol. The van der Waals surface area contributed by atoms with E-state index in [1.165, 1.54) is 0 Å². The number of ether oxygens (including phenoxy) is 1. The predicted octanol–water partition coefficient (Wildman–Crippen LogP) is 2.79. The molecule has 0 amide bonds. The van der Waals surface area contributed by atoms with Gasteiger partial charge in [-0.3, -0.25) is 9.08 Å². The van der Waals surface area contributed by atoms with E-state index in [9.17, 15) is 8.42 Å². The number of sulfone groups is 1. The lowest BCUT2D eigenvalue weighted by Gasteiger charge is -2.21. The average Bonchev–Trinajstić information content (AvgIpc) is 3.16. The third-order valence-electron chi connectivity index (χ3n) is 3.76. The van der Waals surface area contributed by atoms with E-state index in [0.29, 0.717) is 24.5 Å². The van der Waals surface area contributed by atoms with Crippen molar-refractivity contribution in [2.24, 2.45) is 0 Å².